The molecule has 11 heteroatoms. The van der Waals surface area contributed by atoms with Gasteiger partial charge in [-0.3, -0.25) is 20.4 Å². The third-order valence-corrected chi connectivity index (χ3v) is 6.77. The highest BCUT2D eigenvalue weighted by Crippen LogP contribution is 2.21. The van der Waals surface area contributed by atoms with Gasteiger partial charge in [-0.05, 0) is 49.2 Å². The molecule has 2 heterocycles. The number of sulfonamides is 1. The van der Waals surface area contributed by atoms with Crippen LogP contribution in [0, 0.1) is 0 Å². The molecule has 31 heavy (non-hydrogen) atoms. The van der Waals surface area contributed by atoms with E-state index in [1.54, 1.807) is 0 Å². The molecule has 2 amide bonds. The van der Waals surface area contributed by atoms with Crippen molar-refractivity contribution in [1.29, 1.82) is 0 Å². The summed E-state index contributed by atoms with van der Waals surface area (Å²) in [6.07, 6.45) is 3.13. The van der Waals surface area contributed by atoms with Gasteiger partial charge in [-0.2, -0.15) is 4.31 Å². The Morgan fingerprint density at radius 3 is 2.19 bits per heavy atom. The third kappa shape index (κ3) is 4.47. The number of hydrazine groups is 1. The van der Waals surface area contributed by atoms with Crippen molar-refractivity contribution in [1.82, 2.24) is 30.2 Å². The zero-order valence-corrected chi connectivity index (χ0v) is 17.2. The Balaban J connectivity index is 1.36. The Morgan fingerprint density at radius 1 is 0.871 bits per heavy atom. The van der Waals surface area contributed by atoms with E-state index in [9.17, 15) is 18.0 Å². The first-order chi connectivity index (χ1) is 14.9. The second-order valence-electron chi connectivity index (χ2n) is 6.93. The van der Waals surface area contributed by atoms with Gasteiger partial charge in [0, 0.05) is 18.7 Å². The summed E-state index contributed by atoms with van der Waals surface area (Å²) in [5.74, 6) is -1.22. The number of carbonyl (C=O) groups excluding carboxylic acids is 2. The quantitative estimate of drug-likeness (QED) is 0.573. The number of carbonyl (C=O) groups is 2. The van der Waals surface area contributed by atoms with Gasteiger partial charge in [-0.15, -0.1) is 5.10 Å². The zero-order chi connectivity index (χ0) is 21.8. The second-order valence-corrected chi connectivity index (χ2v) is 8.87. The van der Waals surface area contributed by atoms with Crippen molar-refractivity contribution in [3.05, 3.63) is 72.1 Å². The largest absolute Gasteiger partial charge is 0.291 e. The Kier molecular flexibility index (Phi) is 5.78. The van der Waals surface area contributed by atoms with Crippen LogP contribution in [0.3, 0.4) is 0 Å². The van der Waals surface area contributed by atoms with Gasteiger partial charge >= 0.3 is 0 Å². The highest BCUT2D eigenvalue weighted by molar-refractivity contribution is 7.89. The molecule has 0 radical (unpaired) electrons. The Labute approximate surface area is 178 Å². The van der Waals surface area contributed by atoms with Crippen LogP contribution in [0.1, 0.15) is 33.7 Å². The zero-order valence-electron chi connectivity index (χ0n) is 16.4. The van der Waals surface area contributed by atoms with Crippen LogP contribution >= 0.6 is 0 Å². The van der Waals surface area contributed by atoms with Gasteiger partial charge in [0.25, 0.3) is 11.8 Å². The average molecular weight is 440 g/mol. The third-order valence-electron chi connectivity index (χ3n) is 4.86. The number of amides is 2. The number of nitrogens with zero attached hydrogens (tertiary/aromatic N) is 4. The summed E-state index contributed by atoms with van der Waals surface area (Å²) >= 11 is 0. The standard InChI is InChI=1S/C20H20N6O4S/c27-19(15-8-10-17(11-9-15)31(29,30)25-12-4-5-13-25)22-23-20(28)18-14-26(24-21-18)16-6-2-1-3-7-16/h1-3,6-11,14H,4-5,12-13H2,(H,22,27)(H,23,28). The number of hydrogen-bond donors (Lipinski definition) is 2. The number of para-hydroxylation sites is 1. The van der Waals surface area contributed by atoms with Crippen molar-refractivity contribution in [2.45, 2.75) is 17.7 Å². The lowest BCUT2D eigenvalue weighted by molar-refractivity contribution is 0.0844. The summed E-state index contributed by atoms with van der Waals surface area (Å²) in [4.78, 5) is 24.7. The summed E-state index contributed by atoms with van der Waals surface area (Å²) in [6, 6.07) is 14.7. The summed E-state index contributed by atoms with van der Waals surface area (Å²) < 4.78 is 28.0. The second kappa shape index (κ2) is 8.66. The van der Waals surface area contributed by atoms with Gasteiger partial charge in [0.1, 0.15) is 0 Å². The topological polar surface area (TPSA) is 126 Å². The lowest BCUT2D eigenvalue weighted by Gasteiger charge is -2.15. The van der Waals surface area contributed by atoms with E-state index in [-0.39, 0.29) is 16.2 Å². The molecule has 4 rings (SSSR count). The first-order valence-corrected chi connectivity index (χ1v) is 11.1. The maximum Gasteiger partial charge on any atom is 0.291 e. The number of rotatable bonds is 5. The lowest BCUT2D eigenvalue weighted by Crippen LogP contribution is -2.41. The van der Waals surface area contributed by atoms with E-state index < -0.39 is 21.8 Å². The van der Waals surface area contributed by atoms with Crippen molar-refractivity contribution in [2.24, 2.45) is 0 Å². The first-order valence-electron chi connectivity index (χ1n) is 9.64. The highest BCUT2D eigenvalue weighted by atomic mass is 32.2. The highest BCUT2D eigenvalue weighted by Gasteiger charge is 2.27. The average Bonchev–Trinajstić information content (AvgIpc) is 3.51. The summed E-state index contributed by atoms with van der Waals surface area (Å²) in [5.41, 5.74) is 5.52. The Hall–Kier alpha value is -3.57. The fourth-order valence-corrected chi connectivity index (χ4v) is 4.70. The molecule has 0 unspecified atom stereocenters. The first kappa shape index (κ1) is 20.7. The van der Waals surface area contributed by atoms with Crippen LogP contribution in [-0.4, -0.2) is 52.6 Å². The van der Waals surface area contributed by atoms with Crippen LogP contribution in [0.2, 0.25) is 0 Å². The molecule has 3 aromatic rings. The maximum atomic E-state index is 12.5. The Morgan fingerprint density at radius 2 is 1.52 bits per heavy atom. The number of nitrogens with one attached hydrogen (secondary N) is 2. The van der Waals surface area contributed by atoms with Crippen LogP contribution in [0.5, 0.6) is 0 Å². The molecule has 0 atom stereocenters. The molecule has 1 fully saturated rings. The minimum Gasteiger partial charge on any atom is -0.267 e. The fourth-order valence-electron chi connectivity index (χ4n) is 3.18. The van der Waals surface area contributed by atoms with E-state index in [1.807, 2.05) is 30.3 Å². The Bertz CT molecular complexity index is 1190. The smallest absolute Gasteiger partial charge is 0.267 e. The van der Waals surface area contributed by atoms with E-state index in [0.29, 0.717) is 13.1 Å². The van der Waals surface area contributed by atoms with E-state index in [0.717, 1.165) is 18.5 Å². The molecule has 160 valence electrons. The van der Waals surface area contributed by atoms with Crippen LogP contribution < -0.4 is 10.9 Å². The molecule has 2 aromatic carbocycles. The predicted molar refractivity (Wildman–Crippen MR) is 111 cm³/mol. The summed E-state index contributed by atoms with van der Waals surface area (Å²) in [5, 5.41) is 7.69. The van der Waals surface area contributed by atoms with Crippen LogP contribution in [0.25, 0.3) is 5.69 Å². The monoisotopic (exact) mass is 440 g/mol. The molecule has 0 bridgehead atoms. The molecule has 1 aliphatic rings. The molecule has 1 aliphatic heterocycles. The van der Waals surface area contributed by atoms with Gasteiger partial charge < -0.3 is 0 Å². The van der Waals surface area contributed by atoms with E-state index in [1.165, 1.54) is 39.4 Å². The van der Waals surface area contributed by atoms with Crippen molar-refractivity contribution >= 4 is 21.8 Å². The molecule has 2 N–H and O–H groups in total. The molecule has 1 saturated heterocycles. The van der Waals surface area contributed by atoms with Crippen LogP contribution in [-0.2, 0) is 10.0 Å². The van der Waals surface area contributed by atoms with Gasteiger partial charge in [0.2, 0.25) is 10.0 Å². The van der Waals surface area contributed by atoms with Crippen LogP contribution in [0.4, 0.5) is 0 Å². The molecule has 10 nitrogen and oxygen atoms in total. The van der Waals surface area contributed by atoms with Crippen LogP contribution in [0.15, 0.2) is 65.7 Å². The van der Waals surface area contributed by atoms with Gasteiger partial charge in [0.05, 0.1) is 16.8 Å². The minimum absolute atomic E-state index is 0.0243. The minimum atomic E-state index is -3.55. The van der Waals surface area contributed by atoms with Gasteiger partial charge in [-0.1, -0.05) is 23.4 Å². The van der Waals surface area contributed by atoms with Crippen molar-refractivity contribution in [2.75, 3.05) is 13.1 Å². The molecule has 1 aromatic heterocycles. The van der Waals surface area contributed by atoms with E-state index in [2.05, 4.69) is 21.2 Å². The molecule has 0 spiro atoms. The van der Waals surface area contributed by atoms with E-state index >= 15 is 0 Å². The van der Waals surface area contributed by atoms with Gasteiger partial charge in [0.15, 0.2) is 5.69 Å². The number of hydrogen-bond acceptors (Lipinski definition) is 6. The molecular weight excluding hydrogens is 420 g/mol. The number of aromatic nitrogens is 3. The van der Waals surface area contributed by atoms with Crippen molar-refractivity contribution in [3.63, 3.8) is 0 Å². The normalized spacial score (nSPS) is 14.3. The molecule has 0 aliphatic carbocycles. The van der Waals surface area contributed by atoms with E-state index in [4.69, 9.17) is 0 Å². The molecule has 0 saturated carbocycles. The lowest BCUT2D eigenvalue weighted by atomic mass is 10.2. The maximum absolute atomic E-state index is 12.5. The summed E-state index contributed by atoms with van der Waals surface area (Å²) in [6.45, 7) is 1.01. The molecular formula is C20H20N6O4S. The van der Waals surface area contributed by atoms with Crippen molar-refractivity contribution < 1.29 is 18.0 Å². The number of benzene rings is 2. The predicted octanol–water partition coefficient (Wildman–Crippen LogP) is 1.13. The van der Waals surface area contributed by atoms with Crippen molar-refractivity contribution in [3.8, 4) is 5.69 Å². The fraction of sp³-hybridized carbons (Fsp3) is 0.200. The summed E-state index contributed by atoms with van der Waals surface area (Å²) in [7, 11) is -3.55. The van der Waals surface area contributed by atoms with Gasteiger partial charge in [-0.25, -0.2) is 13.1 Å². The SMILES string of the molecule is O=C(NNC(=O)c1cn(-c2ccccc2)nn1)c1ccc(S(=O)(=O)N2CCCC2)cc1.